The lowest BCUT2D eigenvalue weighted by molar-refractivity contribution is -0.126. The Balaban J connectivity index is 1.76. The Labute approximate surface area is 108 Å². The van der Waals surface area contributed by atoms with E-state index < -0.39 is 0 Å². The standard InChI is InChI=1S/C10H15N5O2S/c1-6-14-15-10(18-6)13-9(17)12-5-7-3-2-4-11-8(7)16/h7H,2-5H2,1H3,(H,11,16)(H2,12,13,15,17). The van der Waals surface area contributed by atoms with E-state index in [1.54, 1.807) is 0 Å². The number of aryl methyl sites for hydroxylation is 1. The zero-order valence-corrected chi connectivity index (χ0v) is 10.8. The number of carbonyl (C=O) groups excluding carboxylic acids is 2. The molecule has 1 atom stereocenters. The van der Waals surface area contributed by atoms with Crippen LogP contribution in [-0.4, -0.2) is 35.2 Å². The van der Waals surface area contributed by atoms with Crippen LogP contribution in [0.5, 0.6) is 0 Å². The van der Waals surface area contributed by atoms with Crippen LogP contribution in [0.4, 0.5) is 9.93 Å². The Morgan fingerprint density at radius 2 is 2.39 bits per heavy atom. The SMILES string of the molecule is Cc1nnc(NC(=O)NCC2CCCNC2=O)s1. The Morgan fingerprint density at radius 3 is 3.06 bits per heavy atom. The highest BCUT2D eigenvalue weighted by atomic mass is 32.1. The fourth-order valence-corrected chi connectivity index (χ4v) is 2.32. The van der Waals surface area contributed by atoms with Gasteiger partial charge < -0.3 is 10.6 Å². The predicted octanol–water partition coefficient (Wildman–Crippen LogP) is 0.494. The van der Waals surface area contributed by atoms with Gasteiger partial charge in [-0.3, -0.25) is 10.1 Å². The quantitative estimate of drug-likeness (QED) is 0.744. The summed E-state index contributed by atoms with van der Waals surface area (Å²) in [5, 5.41) is 16.8. The minimum atomic E-state index is -0.357. The molecule has 0 aromatic carbocycles. The molecule has 1 aliphatic heterocycles. The van der Waals surface area contributed by atoms with E-state index in [1.165, 1.54) is 11.3 Å². The van der Waals surface area contributed by atoms with E-state index in [9.17, 15) is 9.59 Å². The molecule has 8 heteroatoms. The van der Waals surface area contributed by atoms with Crippen LogP contribution in [0, 0.1) is 12.8 Å². The van der Waals surface area contributed by atoms with E-state index in [0.717, 1.165) is 24.4 Å². The van der Waals surface area contributed by atoms with E-state index in [-0.39, 0.29) is 17.9 Å². The summed E-state index contributed by atoms with van der Waals surface area (Å²) in [6, 6.07) is -0.357. The van der Waals surface area contributed by atoms with E-state index in [1.807, 2.05) is 6.92 Å². The monoisotopic (exact) mass is 269 g/mol. The molecule has 1 saturated heterocycles. The summed E-state index contributed by atoms with van der Waals surface area (Å²) in [7, 11) is 0. The summed E-state index contributed by atoms with van der Waals surface area (Å²) < 4.78 is 0. The van der Waals surface area contributed by atoms with Gasteiger partial charge in [-0.15, -0.1) is 10.2 Å². The van der Waals surface area contributed by atoms with Gasteiger partial charge in [0.1, 0.15) is 5.01 Å². The van der Waals surface area contributed by atoms with Crippen LogP contribution < -0.4 is 16.0 Å². The first kappa shape index (κ1) is 12.7. The van der Waals surface area contributed by atoms with Crippen LogP contribution in [-0.2, 0) is 4.79 Å². The third kappa shape index (κ3) is 3.39. The molecule has 7 nitrogen and oxygen atoms in total. The Hall–Kier alpha value is -1.70. The zero-order valence-electron chi connectivity index (χ0n) is 10.0. The van der Waals surface area contributed by atoms with E-state index in [0.29, 0.717) is 11.7 Å². The average molecular weight is 269 g/mol. The Bertz CT molecular complexity index is 447. The van der Waals surface area contributed by atoms with Gasteiger partial charge in [-0.05, 0) is 19.8 Å². The molecule has 0 radical (unpaired) electrons. The molecule has 98 valence electrons. The molecule has 1 aromatic heterocycles. The van der Waals surface area contributed by atoms with Gasteiger partial charge in [0.25, 0.3) is 0 Å². The van der Waals surface area contributed by atoms with Crippen molar-refractivity contribution in [2.45, 2.75) is 19.8 Å². The lowest BCUT2D eigenvalue weighted by Crippen LogP contribution is -2.43. The minimum Gasteiger partial charge on any atom is -0.356 e. The predicted molar refractivity (Wildman–Crippen MR) is 67.4 cm³/mol. The van der Waals surface area contributed by atoms with Gasteiger partial charge in [0.15, 0.2) is 0 Å². The zero-order chi connectivity index (χ0) is 13.0. The summed E-state index contributed by atoms with van der Waals surface area (Å²) in [6.45, 7) is 2.88. The molecule has 3 N–H and O–H groups in total. The molecular weight excluding hydrogens is 254 g/mol. The van der Waals surface area contributed by atoms with Gasteiger partial charge in [-0.1, -0.05) is 11.3 Å². The van der Waals surface area contributed by atoms with Crippen LogP contribution in [0.1, 0.15) is 17.8 Å². The van der Waals surface area contributed by atoms with Crippen molar-refractivity contribution in [2.75, 3.05) is 18.4 Å². The Morgan fingerprint density at radius 1 is 1.56 bits per heavy atom. The first-order chi connectivity index (χ1) is 8.65. The third-order valence-electron chi connectivity index (χ3n) is 2.65. The van der Waals surface area contributed by atoms with Crippen LogP contribution >= 0.6 is 11.3 Å². The molecular formula is C10H15N5O2S. The van der Waals surface area contributed by atoms with Crippen molar-refractivity contribution in [2.24, 2.45) is 5.92 Å². The number of nitrogens with zero attached hydrogens (tertiary/aromatic N) is 2. The lowest BCUT2D eigenvalue weighted by atomic mass is 9.99. The van der Waals surface area contributed by atoms with Crippen molar-refractivity contribution >= 4 is 28.4 Å². The first-order valence-electron chi connectivity index (χ1n) is 5.78. The lowest BCUT2D eigenvalue weighted by Gasteiger charge is -2.21. The van der Waals surface area contributed by atoms with Crippen LogP contribution in [0.3, 0.4) is 0 Å². The number of carbonyl (C=O) groups is 2. The minimum absolute atomic E-state index is 0.00769. The van der Waals surface area contributed by atoms with Gasteiger partial charge in [0.2, 0.25) is 11.0 Å². The van der Waals surface area contributed by atoms with Crippen LogP contribution in [0.25, 0.3) is 0 Å². The number of piperidine rings is 1. The van der Waals surface area contributed by atoms with E-state index >= 15 is 0 Å². The maximum Gasteiger partial charge on any atom is 0.321 e. The van der Waals surface area contributed by atoms with E-state index in [2.05, 4.69) is 26.1 Å². The number of aromatic nitrogens is 2. The largest absolute Gasteiger partial charge is 0.356 e. The molecule has 1 fully saturated rings. The Kier molecular flexibility index (Phi) is 4.08. The van der Waals surface area contributed by atoms with Crippen molar-refractivity contribution in [1.82, 2.24) is 20.8 Å². The summed E-state index contributed by atoms with van der Waals surface area (Å²) in [5.74, 6) is -0.131. The second kappa shape index (κ2) is 5.76. The molecule has 1 unspecified atom stereocenters. The molecule has 0 spiro atoms. The van der Waals surface area contributed by atoms with Crippen molar-refractivity contribution in [3.63, 3.8) is 0 Å². The highest BCUT2D eigenvalue weighted by Gasteiger charge is 2.22. The highest BCUT2D eigenvalue weighted by Crippen LogP contribution is 2.13. The van der Waals surface area contributed by atoms with Crippen LogP contribution in [0.15, 0.2) is 0 Å². The molecule has 1 aliphatic rings. The fourth-order valence-electron chi connectivity index (χ4n) is 1.73. The molecule has 0 bridgehead atoms. The van der Waals surface area contributed by atoms with Crippen molar-refractivity contribution in [3.8, 4) is 0 Å². The van der Waals surface area contributed by atoms with Crippen molar-refractivity contribution in [1.29, 1.82) is 0 Å². The van der Waals surface area contributed by atoms with Crippen molar-refractivity contribution < 1.29 is 9.59 Å². The molecule has 0 saturated carbocycles. The summed E-state index contributed by atoms with van der Waals surface area (Å²) >= 11 is 1.30. The number of urea groups is 1. The molecule has 2 heterocycles. The smallest absolute Gasteiger partial charge is 0.321 e. The summed E-state index contributed by atoms with van der Waals surface area (Å²) in [6.07, 6.45) is 1.76. The highest BCUT2D eigenvalue weighted by molar-refractivity contribution is 7.15. The maximum absolute atomic E-state index is 11.6. The van der Waals surface area contributed by atoms with E-state index in [4.69, 9.17) is 0 Å². The maximum atomic E-state index is 11.6. The van der Waals surface area contributed by atoms with Crippen LogP contribution in [0.2, 0.25) is 0 Å². The van der Waals surface area contributed by atoms with Gasteiger partial charge in [0, 0.05) is 13.1 Å². The molecule has 3 amide bonds. The molecule has 1 aromatic rings. The van der Waals surface area contributed by atoms with Crippen molar-refractivity contribution in [3.05, 3.63) is 5.01 Å². The van der Waals surface area contributed by atoms with Gasteiger partial charge >= 0.3 is 6.03 Å². The number of nitrogens with one attached hydrogen (secondary N) is 3. The second-order valence-electron chi connectivity index (χ2n) is 4.09. The number of rotatable bonds is 3. The number of anilines is 1. The number of amides is 3. The molecule has 0 aliphatic carbocycles. The topological polar surface area (TPSA) is 96.0 Å². The average Bonchev–Trinajstić information content (AvgIpc) is 2.74. The van der Waals surface area contributed by atoms with Gasteiger partial charge in [-0.2, -0.15) is 0 Å². The van der Waals surface area contributed by atoms with Gasteiger partial charge in [0.05, 0.1) is 5.92 Å². The van der Waals surface area contributed by atoms with Gasteiger partial charge in [-0.25, -0.2) is 4.79 Å². The molecule has 18 heavy (non-hydrogen) atoms. The summed E-state index contributed by atoms with van der Waals surface area (Å²) in [5.41, 5.74) is 0. The normalized spacial score (nSPS) is 19.2. The fraction of sp³-hybridized carbons (Fsp3) is 0.600. The molecule has 2 rings (SSSR count). The first-order valence-corrected chi connectivity index (χ1v) is 6.59. The second-order valence-corrected chi connectivity index (χ2v) is 5.27. The number of hydrogen-bond donors (Lipinski definition) is 3. The number of hydrogen-bond acceptors (Lipinski definition) is 5. The third-order valence-corrected chi connectivity index (χ3v) is 3.41. The summed E-state index contributed by atoms with van der Waals surface area (Å²) in [4.78, 5) is 23.0.